The van der Waals surface area contributed by atoms with E-state index in [-0.39, 0.29) is 11.8 Å². The first-order valence-electron chi connectivity index (χ1n) is 11.5. The van der Waals surface area contributed by atoms with Crippen LogP contribution in [0.2, 0.25) is 0 Å². The van der Waals surface area contributed by atoms with Gasteiger partial charge in [-0.1, -0.05) is 58.4 Å². The summed E-state index contributed by atoms with van der Waals surface area (Å²) in [6, 6.07) is 20.1. The van der Waals surface area contributed by atoms with Gasteiger partial charge in [0, 0.05) is 36.1 Å². The molecule has 5 rings (SSSR count). The Morgan fingerprint density at radius 1 is 0.967 bits per heavy atom. The van der Waals surface area contributed by atoms with Crippen LogP contribution in [-0.4, -0.2) is 36.5 Å². The lowest BCUT2D eigenvalue weighted by Gasteiger charge is -2.36. The van der Waals surface area contributed by atoms with E-state index in [2.05, 4.69) is 74.7 Å². The van der Waals surface area contributed by atoms with E-state index in [0.29, 0.717) is 11.8 Å². The number of halogens is 1. The Bertz CT molecular complexity index is 866. The van der Waals surface area contributed by atoms with Crippen LogP contribution in [0.15, 0.2) is 59.1 Å². The van der Waals surface area contributed by atoms with Gasteiger partial charge in [-0.25, -0.2) is 0 Å². The second-order valence-corrected chi connectivity index (χ2v) is 10.3. The van der Waals surface area contributed by atoms with Crippen LogP contribution < -0.4 is 5.32 Å². The van der Waals surface area contributed by atoms with Crippen LogP contribution in [-0.2, 0) is 11.2 Å². The number of piperidine rings is 1. The summed E-state index contributed by atoms with van der Waals surface area (Å²) in [5.74, 6) is 2.49. The van der Waals surface area contributed by atoms with Crippen molar-refractivity contribution >= 4 is 21.8 Å². The van der Waals surface area contributed by atoms with Crippen molar-refractivity contribution in [3.8, 4) is 0 Å². The maximum Gasteiger partial charge on any atom is 0.223 e. The Morgan fingerprint density at radius 2 is 1.70 bits per heavy atom. The van der Waals surface area contributed by atoms with Gasteiger partial charge in [-0.05, 0) is 73.1 Å². The Balaban J connectivity index is 1.04. The minimum Gasteiger partial charge on any atom is -0.356 e. The van der Waals surface area contributed by atoms with Crippen LogP contribution in [0, 0.1) is 17.8 Å². The molecular formula is C26H31BrN2O. The van der Waals surface area contributed by atoms with E-state index < -0.39 is 0 Å². The number of carbonyl (C=O) groups excluding carboxylic acids is 1. The van der Waals surface area contributed by atoms with Crippen molar-refractivity contribution in [3.05, 3.63) is 70.2 Å². The van der Waals surface area contributed by atoms with Gasteiger partial charge >= 0.3 is 0 Å². The van der Waals surface area contributed by atoms with E-state index in [1.54, 1.807) is 0 Å². The summed E-state index contributed by atoms with van der Waals surface area (Å²) < 4.78 is 1.10. The summed E-state index contributed by atoms with van der Waals surface area (Å²) in [6.45, 7) is 3.00. The SMILES string of the molecule is O=C(NCCc1cccc(Br)c1)C1[C@H]2CN(C3CCC(c4ccccc4)CC3)C[C@@H]12. The zero-order valence-corrected chi connectivity index (χ0v) is 19.1. The maximum absolute atomic E-state index is 12.6. The number of hydrogen-bond donors (Lipinski definition) is 1. The molecule has 2 aliphatic carbocycles. The van der Waals surface area contributed by atoms with Crippen LogP contribution >= 0.6 is 15.9 Å². The minimum absolute atomic E-state index is 0.268. The molecule has 3 atom stereocenters. The fourth-order valence-corrected chi connectivity index (χ4v) is 6.33. The van der Waals surface area contributed by atoms with Crippen LogP contribution in [0.1, 0.15) is 42.7 Å². The van der Waals surface area contributed by atoms with Gasteiger partial charge in [0.25, 0.3) is 0 Å². The molecule has 0 bridgehead atoms. The molecule has 3 fully saturated rings. The van der Waals surface area contributed by atoms with Gasteiger partial charge in [-0.2, -0.15) is 0 Å². The lowest BCUT2D eigenvalue weighted by Crippen LogP contribution is -2.39. The zero-order chi connectivity index (χ0) is 20.5. The predicted molar refractivity (Wildman–Crippen MR) is 124 cm³/mol. The summed E-state index contributed by atoms with van der Waals surface area (Å²) in [7, 11) is 0. The molecule has 1 heterocycles. The fourth-order valence-electron chi connectivity index (χ4n) is 5.89. The topological polar surface area (TPSA) is 32.3 Å². The Labute approximate surface area is 188 Å². The molecule has 3 nitrogen and oxygen atoms in total. The number of fused-ring (bicyclic) bond motifs is 1. The van der Waals surface area contributed by atoms with Crippen molar-refractivity contribution in [2.24, 2.45) is 17.8 Å². The quantitative estimate of drug-likeness (QED) is 0.648. The van der Waals surface area contributed by atoms with Crippen molar-refractivity contribution in [1.82, 2.24) is 10.2 Å². The molecule has 1 N–H and O–H groups in total. The zero-order valence-electron chi connectivity index (χ0n) is 17.5. The van der Waals surface area contributed by atoms with Crippen molar-refractivity contribution in [1.29, 1.82) is 0 Å². The van der Waals surface area contributed by atoms with Gasteiger partial charge in [-0.3, -0.25) is 9.69 Å². The van der Waals surface area contributed by atoms with E-state index in [9.17, 15) is 4.79 Å². The molecule has 0 spiro atoms. The third-order valence-corrected chi connectivity index (χ3v) is 8.10. The lowest BCUT2D eigenvalue weighted by molar-refractivity contribution is -0.123. The smallest absolute Gasteiger partial charge is 0.223 e. The molecule has 0 aromatic heterocycles. The average molecular weight is 467 g/mol. The molecule has 4 heteroatoms. The van der Waals surface area contributed by atoms with E-state index in [1.165, 1.54) is 36.8 Å². The van der Waals surface area contributed by atoms with Crippen molar-refractivity contribution < 1.29 is 4.79 Å². The first-order chi connectivity index (χ1) is 14.7. The largest absolute Gasteiger partial charge is 0.356 e. The van der Waals surface area contributed by atoms with Crippen molar-refractivity contribution in [3.63, 3.8) is 0 Å². The monoisotopic (exact) mass is 466 g/mol. The molecule has 3 aliphatic rings. The molecule has 2 saturated carbocycles. The van der Waals surface area contributed by atoms with E-state index in [1.807, 2.05) is 6.07 Å². The predicted octanol–water partition coefficient (Wildman–Crippen LogP) is 5.01. The number of hydrogen-bond acceptors (Lipinski definition) is 2. The maximum atomic E-state index is 12.6. The molecule has 30 heavy (non-hydrogen) atoms. The Morgan fingerprint density at radius 3 is 2.40 bits per heavy atom. The number of carbonyl (C=O) groups is 1. The van der Waals surface area contributed by atoms with Gasteiger partial charge in [0.1, 0.15) is 0 Å². The van der Waals surface area contributed by atoms with Gasteiger partial charge < -0.3 is 5.32 Å². The number of nitrogens with one attached hydrogen (secondary N) is 1. The standard InChI is InChI=1S/C26H31BrN2O/c27-21-8-4-5-18(15-21)13-14-28-26(30)25-23-16-29(17-24(23)25)22-11-9-20(10-12-22)19-6-2-1-3-7-19/h1-8,15,20,22-25H,9-14,16-17H2,(H,28,30)/t20?,22?,23-,24+,25?. The molecule has 1 amide bonds. The van der Waals surface area contributed by atoms with Gasteiger partial charge in [0.05, 0.1) is 0 Å². The van der Waals surface area contributed by atoms with Gasteiger partial charge in [0.15, 0.2) is 0 Å². The molecule has 1 saturated heterocycles. The second kappa shape index (κ2) is 8.84. The Hall–Kier alpha value is -1.65. The summed E-state index contributed by atoms with van der Waals surface area (Å²) in [4.78, 5) is 15.3. The fraction of sp³-hybridized carbons (Fsp3) is 0.500. The summed E-state index contributed by atoms with van der Waals surface area (Å²) >= 11 is 3.51. The first kappa shape index (κ1) is 20.3. The molecule has 0 radical (unpaired) electrons. The van der Waals surface area contributed by atoms with Crippen LogP contribution in [0.3, 0.4) is 0 Å². The number of likely N-dealkylation sites (tertiary alicyclic amines) is 1. The average Bonchev–Trinajstić information content (AvgIpc) is 3.28. The number of amides is 1. The Kier molecular flexibility index (Phi) is 5.97. The number of rotatable bonds is 6. The summed E-state index contributed by atoms with van der Waals surface area (Å²) in [5.41, 5.74) is 2.78. The highest BCUT2D eigenvalue weighted by Crippen LogP contribution is 2.53. The van der Waals surface area contributed by atoms with E-state index in [0.717, 1.165) is 42.5 Å². The highest BCUT2D eigenvalue weighted by atomic mass is 79.9. The van der Waals surface area contributed by atoms with Crippen LogP contribution in [0.5, 0.6) is 0 Å². The van der Waals surface area contributed by atoms with Gasteiger partial charge in [0.2, 0.25) is 5.91 Å². The third kappa shape index (κ3) is 4.36. The molecule has 1 unspecified atom stereocenters. The summed E-state index contributed by atoms with van der Waals surface area (Å²) in [5, 5.41) is 3.19. The van der Waals surface area contributed by atoms with Crippen molar-refractivity contribution in [2.45, 2.75) is 44.1 Å². The molecule has 158 valence electrons. The highest BCUT2D eigenvalue weighted by molar-refractivity contribution is 9.10. The normalized spacial score (nSPS) is 30.6. The molecule has 2 aromatic carbocycles. The molecular weight excluding hydrogens is 436 g/mol. The molecule has 2 aromatic rings. The lowest BCUT2D eigenvalue weighted by atomic mass is 9.81. The highest BCUT2D eigenvalue weighted by Gasteiger charge is 2.59. The van der Waals surface area contributed by atoms with E-state index >= 15 is 0 Å². The first-order valence-corrected chi connectivity index (χ1v) is 12.3. The van der Waals surface area contributed by atoms with Gasteiger partial charge in [-0.15, -0.1) is 0 Å². The minimum atomic E-state index is 0.268. The molecule has 1 aliphatic heterocycles. The summed E-state index contributed by atoms with van der Waals surface area (Å²) in [6.07, 6.45) is 6.12. The second-order valence-electron chi connectivity index (χ2n) is 9.39. The number of nitrogens with zero attached hydrogens (tertiary/aromatic N) is 1. The van der Waals surface area contributed by atoms with Crippen LogP contribution in [0.25, 0.3) is 0 Å². The van der Waals surface area contributed by atoms with Crippen molar-refractivity contribution in [2.75, 3.05) is 19.6 Å². The number of benzene rings is 2. The van der Waals surface area contributed by atoms with E-state index in [4.69, 9.17) is 0 Å². The van der Waals surface area contributed by atoms with Crippen LogP contribution in [0.4, 0.5) is 0 Å². The third-order valence-electron chi connectivity index (χ3n) is 7.61.